The molecule has 2 atom stereocenters. The molecule has 0 saturated heterocycles. The number of allylic oxidation sites excluding steroid dienone is 2. The molecule has 2 aliphatic rings. The predicted molar refractivity (Wildman–Crippen MR) is 73.0 cm³/mol. The first-order valence-electron chi connectivity index (χ1n) is 6.52. The molecule has 1 nitrogen and oxygen atoms in total. The number of carbonyl (C=O) groups is 1. The van der Waals surface area contributed by atoms with Gasteiger partial charge < -0.3 is 0 Å². The number of hydrogen-bond donors (Lipinski definition) is 0. The monoisotopic (exact) mass is 234 g/mol. The van der Waals surface area contributed by atoms with Crippen LogP contribution in [-0.2, 0) is 11.2 Å². The molecule has 0 N–H and O–H groups in total. The third-order valence-electron chi connectivity index (χ3n) is 4.39. The van der Waals surface area contributed by atoms with E-state index in [4.69, 9.17) is 0 Å². The van der Waals surface area contributed by atoms with Crippen LogP contribution in [0.4, 0.5) is 0 Å². The van der Waals surface area contributed by atoms with Crippen LogP contribution >= 0.6 is 0 Å². The Morgan fingerprint density at radius 2 is 2.06 bits per heavy atom. The Bertz CT molecular complexity index is 709. The van der Waals surface area contributed by atoms with Gasteiger partial charge in [-0.3, -0.25) is 4.79 Å². The number of Topliss-reactive ketones (excluding diaryl/α,β-unsaturated/α-hetero) is 1. The Morgan fingerprint density at radius 3 is 2.94 bits per heavy atom. The van der Waals surface area contributed by atoms with E-state index in [2.05, 4.69) is 42.5 Å². The molecule has 0 aromatic heterocycles. The van der Waals surface area contributed by atoms with Crippen molar-refractivity contribution in [1.82, 2.24) is 0 Å². The minimum Gasteiger partial charge on any atom is -0.298 e. The summed E-state index contributed by atoms with van der Waals surface area (Å²) >= 11 is 0. The van der Waals surface area contributed by atoms with Gasteiger partial charge in [0.05, 0.1) is 5.92 Å². The van der Waals surface area contributed by atoms with Crippen LogP contribution in [0.2, 0.25) is 0 Å². The average Bonchev–Trinajstić information content (AvgIpc) is 2.43. The van der Waals surface area contributed by atoms with Gasteiger partial charge in [-0.05, 0) is 33.9 Å². The van der Waals surface area contributed by atoms with Crippen molar-refractivity contribution < 1.29 is 4.79 Å². The summed E-state index contributed by atoms with van der Waals surface area (Å²) in [6.07, 6.45) is 5.19. The first kappa shape index (κ1) is 10.1. The molecule has 0 aliphatic heterocycles. The van der Waals surface area contributed by atoms with Gasteiger partial charge in [0, 0.05) is 5.92 Å². The van der Waals surface area contributed by atoms with Crippen molar-refractivity contribution in [3.05, 3.63) is 59.2 Å². The fraction of sp³-hybridized carbons (Fsp3) is 0.235. The zero-order valence-electron chi connectivity index (χ0n) is 10.3. The van der Waals surface area contributed by atoms with Gasteiger partial charge in [0.1, 0.15) is 0 Å². The largest absolute Gasteiger partial charge is 0.298 e. The number of hydrogen-bond acceptors (Lipinski definition) is 1. The summed E-state index contributed by atoms with van der Waals surface area (Å²) in [5.41, 5.74) is 3.80. The molecular formula is C17H14O. The lowest BCUT2D eigenvalue weighted by Gasteiger charge is -2.31. The Balaban J connectivity index is 2.22. The molecule has 88 valence electrons. The second-order valence-electron chi connectivity index (χ2n) is 5.32. The van der Waals surface area contributed by atoms with Crippen LogP contribution in [0.3, 0.4) is 0 Å². The van der Waals surface area contributed by atoms with Crippen LogP contribution in [0.15, 0.2) is 42.5 Å². The van der Waals surface area contributed by atoms with Crippen LogP contribution in [0.1, 0.15) is 35.4 Å². The van der Waals surface area contributed by atoms with Gasteiger partial charge in [-0.1, -0.05) is 49.4 Å². The molecule has 1 heteroatoms. The van der Waals surface area contributed by atoms with Gasteiger partial charge in [0.2, 0.25) is 0 Å². The Hall–Kier alpha value is -1.89. The molecule has 0 saturated carbocycles. The number of ketones is 1. The molecule has 2 aromatic rings. The summed E-state index contributed by atoms with van der Waals surface area (Å²) in [7, 11) is 0. The van der Waals surface area contributed by atoms with Crippen LogP contribution in [-0.4, -0.2) is 5.78 Å². The highest BCUT2D eigenvalue weighted by molar-refractivity contribution is 6.06. The van der Waals surface area contributed by atoms with E-state index in [1.54, 1.807) is 0 Å². The van der Waals surface area contributed by atoms with E-state index in [-0.39, 0.29) is 11.8 Å². The molecule has 2 aromatic carbocycles. The Labute approximate surface area is 106 Å². The van der Waals surface area contributed by atoms with E-state index in [0.717, 1.165) is 6.42 Å². The van der Waals surface area contributed by atoms with E-state index >= 15 is 0 Å². The predicted octanol–water partition coefficient (Wildman–Crippen LogP) is 3.72. The topological polar surface area (TPSA) is 17.1 Å². The quantitative estimate of drug-likeness (QED) is 0.635. The zero-order chi connectivity index (χ0) is 12.3. The van der Waals surface area contributed by atoms with Crippen molar-refractivity contribution in [3.8, 4) is 0 Å². The highest BCUT2D eigenvalue weighted by atomic mass is 16.1. The van der Waals surface area contributed by atoms with Crippen molar-refractivity contribution in [1.29, 1.82) is 0 Å². The molecule has 2 unspecified atom stereocenters. The lowest BCUT2D eigenvalue weighted by Crippen LogP contribution is -2.25. The van der Waals surface area contributed by atoms with Gasteiger partial charge in [-0.25, -0.2) is 0 Å². The molecule has 0 spiro atoms. The second kappa shape index (κ2) is 3.32. The molecule has 0 heterocycles. The zero-order valence-corrected chi connectivity index (χ0v) is 10.3. The molecule has 0 bridgehead atoms. The molecule has 18 heavy (non-hydrogen) atoms. The highest BCUT2D eigenvalue weighted by Gasteiger charge is 2.34. The summed E-state index contributed by atoms with van der Waals surface area (Å²) < 4.78 is 0. The van der Waals surface area contributed by atoms with Crippen LogP contribution in [0, 0.1) is 0 Å². The van der Waals surface area contributed by atoms with Crippen molar-refractivity contribution in [2.45, 2.75) is 25.2 Å². The molecule has 2 aliphatic carbocycles. The highest BCUT2D eigenvalue weighted by Crippen LogP contribution is 2.44. The fourth-order valence-corrected chi connectivity index (χ4v) is 3.46. The standard InChI is InChI=1S/C17H14O/c1-10-13-6-2-4-11-8-9-12-5-3-7-14(17(10)18)16(12)15(11)13/h2-4,6-10,14H,5H2,1H3. The van der Waals surface area contributed by atoms with Crippen LogP contribution in [0.5, 0.6) is 0 Å². The van der Waals surface area contributed by atoms with E-state index in [0.29, 0.717) is 5.78 Å². The average molecular weight is 234 g/mol. The van der Waals surface area contributed by atoms with Crippen LogP contribution in [0.25, 0.3) is 10.8 Å². The van der Waals surface area contributed by atoms with E-state index in [1.165, 1.54) is 27.5 Å². The summed E-state index contributed by atoms with van der Waals surface area (Å²) in [6.45, 7) is 2.04. The lowest BCUT2D eigenvalue weighted by molar-refractivity contribution is -0.120. The third-order valence-corrected chi connectivity index (χ3v) is 4.39. The summed E-state index contributed by atoms with van der Waals surface area (Å²) in [4.78, 5) is 12.5. The number of benzene rings is 2. The Morgan fingerprint density at radius 1 is 1.17 bits per heavy atom. The first-order valence-corrected chi connectivity index (χ1v) is 6.52. The van der Waals surface area contributed by atoms with Gasteiger partial charge in [0.15, 0.2) is 5.78 Å². The van der Waals surface area contributed by atoms with E-state index < -0.39 is 0 Å². The summed E-state index contributed by atoms with van der Waals surface area (Å²) in [5, 5.41) is 2.60. The molecule has 0 radical (unpaired) electrons. The van der Waals surface area contributed by atoms with Gasteiger partial charge in [-0.2, -0.15) is 0 Å². The minimum absolute atomic E-state index is 0.0117. The molecular weight excluding hydrogens is 220 g/mol. The van der Waals surface area contributed by atoms with Crippen molar-refractivity contribution in [2.24, 2.45) is 0 Å². The fourth-order valence-electron chi connectivity index (χ4n) is 3.46. The van der Waals surface area contributed by atoms with E-state index in [1.807, 2.05) is 6.92 Å². The van der Waals surface area contributed by atoms with Gasteiger partial charge in [-0.15, -0.1) is 0 Å². The van der Waals surface area contributed by atoms with Crippen molar-refractivity contribution in [3.63, 3.8) is 0 Å². The van der Waals surface area contributed by atoms with Crippen LogP contribution < -0.4 is 0 Å². The second-order valence-corrected chi connectivity index (χ2v) is 5.32. The van der Waals surface area contributed by atoms with Gasteiger partial charge in [0.25, 0.3) is 0 Å². The smallest absolute Gasteiger partial charge is 0.151 e. The normalized spacial score (nSPS) is 24.6. The number of carbonyl (C=O) groups excluding carboxylic acids is 1. The third kappa shape index (κ3) is 1.09. The summed E-state index contributed by atoms with van der Waals surface area (Å²) in [6, 6.07) is 10.7. The van der Waals surface area contributed by atoms with Crippen molar-refractivity contribution in [2.75, 3.05) is 0 Å². The maximum Gasteiger partial charge on any atom is 0.151 e. The van der Waals surface area contributed by atoms with Crippen molar-refractivity contribution >= 4 is 16.6 Å². The Kier molecular flexibility index (Phi) is 1.86. The van der Waals surface area contributed by atoms with Gasteiger partial charge >= 0.3 is 0 Å². The minimum atomic E-state index is -0.0117. The molecule has 4 rings (SSSR count). The summed E-state index contributed by atoms with van der Waals surface area (Å²) in [5.74, 6) is 0.352. The maximum absolute atomic E-state index is 12.5. The molecule has 0 amide bonds. The SMILES string of the molecule is CC1C(=O)C2C=CCc3ccc4cccc1c4c32. The maximum atomic E-state index is 12.5. The molecule has 0 fully saturated rings. The lowest BCUT2D eigenvalue weighted by atomic mass is 9.71. The first-order chi connectivity index (χ1) is 8.77. The number of rotatable bonds is 0. The van der Waals surface area contributed by atoms with E-state index in [9.17, 15) is 4.79 Å².